The fourth-order valence-electron chi connectivity index (χ4n) is 2.14. The maximum absolute atomic E-state index is 12.1. The minimum absolute atomic E-state index is 0.310. The zero-order valence-corrected chi connectivity index (χ0v) is 13.4. The van der Waals surface area contributed by atoms with Crippen LogP contribution in [-0.4, -0.2) is 28.7 Å². The number of hydrazone groups is 1. The maximum Gasteiger partial charge on any atom is 0.271 e. The van der Waals surface area contributed by atoms with Crippen molar-refractivity contribution in [1.29, 1.82) is 0 Å². The number of carbonyl (C=O) groups excluding carboxylic acids is 1. The van der Waals surface area contributed by atoms with Crippen molar-refractivity contribution in [3.63, 3.8) is 0 Å². The van der Waals surface area contributed by atoms with Crippen LogP contribution in [0.3, 0.4) is 0 Å². The Morgan fingerprint density at radius 2 is 1.88 bits per heavy atom. The summed E-state index contributed by atoms with van der Waals surface area (Å²) in [5.41, 5.74) is 5.21. The number of hydrogen-bond acceptors (Lipinski definition) is 5. The van der Waals surface area contributed by atoms with E-state index in [1.807, 2.05) is 24.3 Å². The van der Waals surface area contributed by atoms with E-state index in [9.17, 15) is 4.79 Å². The number of hydrogen-bond donors (Lipinski definition) is 1. The van der Waals surface area contributed by atoms with E-state index in [4.69, 9.17) is 4.74 Å². The molecule has 0 saturated carbocycles. The van der Waals surface area contributed by atoms with Gasteiger partial charge in [0.25, 0.3) is 5.91 Å². The predicted octanol–water partition coefficient (Wildman–Crippen LogP) is 2.96. The number of ether oxygens (including phenoxy) is 1. The molecule has 0 spiro atoms. The van der Waals surface area contributed by atoms with E-state index in [0.717, 1.165) is 16.8 Å². The molecule has 3 aromatic rings. The van der Waals surface area contributed by atoms with Gasteiger partial charge in [-0.05, 0) is 48.0 Å². The molecule has 0 fully saturated rings. The average Bonchev–Trinajstić information content (AvgIpc) is 2.67. The molecule has 2 aromatic carbocycles. The Bertz CT molecular complexity index is 920. The predicted molar refractivity (Wildman–Crippen MR) is 96.7 cm³/mol. The summed E-state index contributed by atoms with van der Waals surface area (Å²) in [6, 6.07) is 12.5. The minimum atomic E-state index is -0.310. The molecular formula is C19H16N4O2. The molecule has 0 aliphatic carbocycles. The zero-order chi connectivity index (χ0) is 17.5. The SMILES string of the molecule is C=CCOc1ccc(/C=N/NC(=O)c2ccc3nccnc3c2)cc1. The van der Waals surface area contributed by atoms with Crippen molar-refractivity contribution < 1.29 is 9.53 Å². The normalized spacial score (nSPS) is 10.7. The Labute approximate surface area is 144 Å². The molecule has 0 bridgehead atoms. The Balaban J connectivity index is 1.62. The van der Waals surface area contributed by atoms with Gasteiger partial charge in [0.05, 0.1) is 17.2 Å². The lowest BCUT2D eigenvalue weighted by Gasteiger charge is -2.03. The van der Waals surface area contributed by atoms with Crippen molar-refractivity contribution in [2.45, 2.75) is 0 Å². The molecule has 124 valence electrons. The summed E-state index contributed by atoms with van der Waals surface area (Å²) in [7, 11) is 0. The zero-order valence-electron chi connectivity index (χ0n) is 13.4. The number of aromatic nitrogens is 2. The Morgan fingerprint density at radius 3 is 2.64 bits per heavy atom. The van der Waals surface area contributed by atoms with E-state index in [0.29, 0.717) is 17.7 Å². The van der Waals surface area contributed by atoms with Crippen molar-refractivity contribution in [2.75, 3.05) is 6.61 Å². The first kappa shape index (κ1) is 16.3. The molecule has 25 heavy (non-hydrogen) atoms. The van der Waals surface area contributed by atoms with E-state index in [-0.39, 0.29) is 5.91 Å². The summed E-state index contributed by atoms with van der Waals surface area (Å²) in [5, 5.41) is 3.97. The van der Waals surface area contributed by atoms with Gasteiger partial charge in [-0.15, -0.1) is 0 Å². The smallest absolute Gasteiger partial charge is 0.271 e. The largest absolute Gasteiger partial charge is 0.490 e. The number of benzene rings is 2. The highest BCUT2D eigenvalue weighted by molar-refractivity contribution is 5.97. The molecule has 0 unspecified atom stereocenters. The van der Waals surface area contributed by atoms with Gasteiger partial charge in [-0.1, -0.05) is 12.7 Å². The van der Waals surface area contributed by atoms with Gasteiger partial charge in [-0.2, -0.15) is 5.10 Å². The first-order chi connectivity index (χ1) is 12.3. The van der Waals surface area contributed by atoms with Gasteiger partial charge < -0.3 is 4.74 Å². The highest BCUT2D eigenvalue weighted by atomic mass is 16.5. The number of nitrogens with one attached hydrogen (secondary N) is 1. The van der Waals surface area contributed by atoms with Gasteiger partial charge in [-0.25, -0.2) is 5.43 Å². The van der Waals surface area contributed by atoms with Crippen LogP contribution in [0.4, 0.5) is 0 Å². The van der Waals surface area contributed by atoms with Gasteiger partial charge in [0.1, 0.15) is 12.4 Å². The summed E-state index contributed by atoms with van der Waals surface area (Å²) < 4.78 is 5.40. The van der Waals surface area contributed by atoms with Crippen LogP contribution in [0.2, 0.25) is 0 Å². The van der Waals surface area contributed by atoms with E-state index in [1.165, 1.54) is 0 Å². The molecule has 0 aliphatic heterocycles. The lowest BCUT2D eigenvalue weighted by molar-refractivity contribution is 0.0955. The van der Waals surface area contributed by atoms with Crippen LogP contribution in [0.1, 0.15) is 15.9 Å². The Morgan fingerprint density at radius 1 is 1.12 bits per heavy atom. The van der Waals surface area contributed by atoms with E-state index in [1.54, 1.807) is 42.9 Å². The monoisotopic (exact) mass is 332 g/mol. The number of carbonyl (C=O) groups is 1. The van der Waals surface area contributed by atoms with Gasteiger partial charge in [0.15, 0.2) is 0 Å². The molecule has 6 heteroatoms. The number of nitrogens with zero attached hydrogens (tertiary/aromatic N) is 3. The van der Waals surface area contributed by atoms with Crippen molar-refractivity contribution in [1.82, 2.24) is 15.4 Å². The van der Waals surface area contributed by atoms with E-state index < -0.39 is 0 Å². The average molecular weight is 332 g/mol. The van der Waals surface area contributed by atoms with Crippen LogP contribution in [0.25, 0.3) is 11.0 Å². The highest BCUT2D eigenvalue weighted by Gasteiger charge is 2.06. The van der Waals surface area contributed by atoms with Crippen LogP contribution in [0, 0.1) is 0 Å². The Hall–Kier alpha value is -3.54. The Kier molecular flexibility index (Phi) is 5.11. The van der Waals surface area contributed by atoms with Crippen LogP contribution < -0.4 is 10.2 Å². The van der Waals surface area contributed by atoms with E-state index in [2.05, 4.69) is 27.1 Å². The fraction of sp³-hybridized carbons (Fsp3) is 0.0526. The second kappa shape index (κ2) is 7.83. The van der Waals surface area contributed by atoms with Crippen LogP contribution in [-0.2, 0) is 0 Å². The van der Waals surface area contributed by atoms with Crippen molar-refractivity contribution in [3.8, 4) is 5.75 Å². The third kappa shape index (κ3) is 4.26. The van der Waals surface area contributed by atoms with E-state index >= 15 is 0 Å². The summed E-state index contributed by atoms with van der Waals surface area (Å²) in [6.45, 7) is 4.06. The molecule has 0 aliphatic rings. The molecule has 1 aromatic heterocycles. The summed E-state index contributed by atoms with van der Waals surface area (Å²) in [4.78, 5) is 20.5. The molecule has 0 radical (unpaired) electrons. The van der Waals surface area contributed by atoms with Crippen molar-refractivity contribution in [2.24, 2.45) is 5.10 Å². The lowest BCUT2D eigenvalue weighted by atomic mass is 10.2. The maximum atomic E-state index is 12.1. The molecule has 0 atom stereocenters. The third-order valence-corrected chi connectivity index (χ3v) is 3.36. The summed E-state index contributed by atoms with van der Waals surface area (Å²) in [6.07, 6.45) is 6.45. The standard InChI is InChI=1S/C19H16N4O2/c1-2-11-25-16-6-3-14(4-7-16)13-22-23-19(24)15-5-8-17-18(12-15)21-10-9-20-17/h2-10,12-13H,1,11H2,(H,23,24)/b22-13+. The van der Waals surface area contributed by atoms with Crippen LogP contribution >= 0.6 is 0 Å². The van der Waals surface area contributed by atoms with Crippen molar-refractivity contribution in [3.05, 3.63) is 78.6 Å². The first-order valence-electron chi connectivity index (χ1n) is 7.64. The quantitative estimate of drug-likeness (QED) is 0.428. The molecule has 1 heterocycles. The minimum Gasteiger partial charge on any atom is -0.490 e. The van der Waals surface area contributed by atoms with Gasteiger partial charge >= 0.3 is 0 Å². The van der Waals surface area contributed by atoms with Crippen LogP contribution in [0.15, 0.2) is 72.6 Å². The highest BCUT2D eigenvalue weighted by Crippen LogP contribution is 2.12. The summed E-state index contributed by atoms with van der Waals surface area (Å²) >= 11 is 0. The van der Waals surface area contributed by atoms with Crippen LogP contribution in [0.5, 0.6) is 5.75 Å². The second-order valence-corrected chi connectivity index (χ2v) is 5.13. The topological polar surface area (TPSA) is 76.5 Å². The molecule has 1 N–H and O–H groups in total. The summed E-state index contributed by atoms with van der Waals surface area (Å²) in [5.74, 6) is 0.438. The molecule has 3 rings (SSSR count). The molecule has 6 nitrogen and oxygen atoms in total. The molecule has 0 saturated heterocycles. The first-order valence-corrected chi connectivity index (χ1v) is 7.64. The number of amides is 1. The van der Waals surface area contributed by atoms with Gasteiger partial charge in [0, 0.05) is 18.0 Å². The van der Waals surface area contributed by atoms with Gasteiger partial charge in [-0.3, -0.25) is 14.8 Å². The van der Waals surface area contributed by atoms with Crippen molar-refractivity contribution >= 4 is 23.2 Å². The third-order valence-electron chi connectivity index (χ3n) is 3.36. The molecule has 1 amide bonds. The number of fused-ring (bicyclic) bond motifs is 1. The number of rotatable bonds is 6. The second-order valence-electron chi connectivity index (χ2n) is 5.13. The fourth-order valence-corrected chi connectivity index (χ4v) is 2.14. The van der Waals surface area contributed by atoms with Gasteiger partial charge in [0.2, 0.25) is 0 Å². The molecular weight excluding hydrogens is 316 g/mol. The lowest BCUT2D eigenvalue weighted by Crippen LogP contribution is -2.17.